The third-order valence-corrected chi connectivity index (χ3v) is 4.99. The summed E-state index contributed by atoms with van der Waals surface area (Å²) in [6.45, 7) is 1.68. The van der Waals surface area contributed by atoms with Crippen LogP contribution in [0.1, 0.15) is 17.3 Å². The number of halogens is 1. The zero-order valence-corrected chi connectivity index (χ0v) is 15.6. The molecule has 0 fully saturated rings. The van der Waals surface area contributed by atoms with Crippen LogP contribution in [0.3, 0.4) is 0 Å². The van der Waals surface area contributed by atoms with E-state index < -0.39 is 15.9 Å². The molecule has 26 heavy (non-hydrogen) atoms. The van der Waals surface area contributed by atoms with Crippen LogP contribution in [0.5, 0.6) is 5.75 Å². The first-order valence-corrected chi connectivity index (χ1v) is 9.67. The molecule has 2 aromatic rings. The maximum atomic E-state index is 12.4. The van der Waals surface area contributed by atoms with Crippen LogP contribution in [0.4, 0.5) is 5.69 Å². The summed E-state index contributed by atoms with van der Waals surface area (Å²) in [6.07, 6.45) is 0. The minimum Gasteiger partial charge on any atom is -0.492 e. The van der Waals surface area contributed by atoms with Gasteiger partial charge in [0.1, 0.15) is 5.75 Å². The van der Waals surface area contributed by atoms with Gasteiger partial charge in [0.2, 0.25) is 10.0 Å². The SMILES string of the molecule is CCOc1ccc(S(=O)(=O)NCCO)cc1NC(=O)c1cccc(Cl)c1. The van der Waals surface area contributed by atoms with Crippen LogP contribution in [0.25, 0.3) is 0 Å². The molecule has 0 atom stereocenters. The summed E-state index contributed by atoms with van der Waals surface area (Å²) in [6, 6.07) is 10.5. The lowest BCUT2D eigenvalue weighted by Gasteiger charge is -2.14. The van der Waals surface area contributed by atoms with Gasteiger partial charge in [-0.05, 0) is 43.3 Å². The number of aliphatic hydroxyl groups is 1. The van der Waals surface area contributed by atoms with E-state index in [1.54, 1.807) is 25.1 Å². The Labute approximate surface area is 157 Å². The standard InChI is InChI=1S/C17H19ClN2O5S/c1-2-25-16-7-6-14(26(23,24)19-8-9-21)11-15(16)20-17(22)12-4-3-5-13(18)10-12/h3-7,10-11,19,21H,2,8-9H2,1H3,(H,20,22). The number of hydrogen-bond donors (Lipinski definition) is 3. The van der Waals surface area contributed by atoms with E-state index in [4.69, 9.17) is 21.4 Å². The fourth-order valence-corrected chi connectivity index (χ4v) is 3.38. The van der Waals surface area contributed by atoms with Crippen molar-refractivity contribution in [2.75, 3.05) is 25.1 Å². The van der Waals surface area contributed by atoms with Crippen molar-refractivity contribution in [3.63, 3.8) is 0 Å². The molecule has 0 saturated carbocycles. The van der Waals surface area contributed by atoms with E-state index in [-0.39, 0.29) is 23.7 Å². The maximum Gasteiger partial charge on any atom is 0.255 e. The van der Waals surface area contributed by atoms with E-state index in [0.717, 1.165) is 0 Å². The van der Waals surface area contributed by atoms with Gasteiger partial charge in [0.15, 0.2) is 0 Å². The number of rotatable bonds is 8. The smallest absolute Gasteiger partial charge is 0.255 e. The molecule has 0 bridgehead atoms. The first kappa shape index (κ1) is 20.2. The largest absolute Gasteiger partial charge is 0.492 e. The lowest BCUT2D eigenvalue weighted by atomic mass is 10.2. The van der Waals surface area contributed by atoms with Crippen molar-refractivity contribution < 1.29 is 23.1 Å². The van der Waals surface area contributed by atoms with Crippen molar-refractivity contribution in [1.82, 2.24) is 4.72 Å². The number of carbonyl (C=O) groups is 1. The van der Waals surface area contributed by atoms with Crippen molar-refractivity contribution in [2.24, 2.45) is 0 Å². The second-order valence-corrected chi connectivity index (χ2v) is 7.38. The molecule has 1 amide bonds. The van der Waals surface area contributed by atoms with Crippen LogP contribution in [0.15, 0.2) is 47.4 Å². The maximum absolute atomic E-state index is 12.4. The number of sulfonamides is 1. The highest BCUT2D eigenvalue weighted by Gasteiger charge is 2.18. The molecule has 7 nitrogen and oxygen atoms in total. The molecular formula is C17H19ClN2O5S. The second kappa shape index (κ2) is 9.00. The lowest BCUT2D eigenvalue weighted by molar-refractivity contribution is 0.102. The van der Waals surface area contributed by atoms with Crippen LogP contribution < -0.4 is 14.8 Å². The van der Waals surface area contributed by atoms with Gasteiger partial charge in [0.05, 0.1) is 23.8 Å². The number of hydrogen-bond acceptors (Lipinski definition) is 5. The summed E-state index contributed by atoms with van der Waals surface area (Å²) in [5.74, 6) is -0.115. The average Bonchev–Trinajstić information content (AvgIpc) is 2.61. The van der Waals surface area contributed by atoms with Gasteiger partial charge < -0.3 is 15.2 Å². The zero-order valence-electron chi connectivity index (χ0n) is 14.0. The Morgan fingerprint density at radius 2 is 2.00 bits per heavy atom. The predicted octanol–water partition coefficient (Wildman–Crippen LogP) is 2.26. The Hall–Kier alpha value is -2.13. The second-order valence-electron chi connectivity index (χ2n) is 5.18. The summed E-state index contributed by atoms with van der Waals surface area (Å²) in [5.41, 5.74) is 0.537. The minimum absolute atomic E-state index is 0.0594. The van der Waals surface area contributed by atoms with Crippen LogP contribution in [-0.2, 0) is 10.0 Å². The van der Waals surface area contributed by atoms with Crippen molar-refractivity contribution in [3.05, 3.63) is 53.1 Å². The summed E-state index contributed by atoms with van der Waals surface area (Å²) in [7, 11) is -3.82. The van der Waals surface area contributed by atoms with Gasteiger partial charge in [-0.2, -0.15) is 0 Å². The van der Waals surface area contributed by atoms with Crippen LogP contribution in [0, 0.1) is 0 Å². The molecule has 0 radical (unpaired) electrons. The Bertz CT molecular complexity index is 886. The first-order valence-electron chi connectivity index (χ1n) is 7.81. The van der Waals surface area contributed by atoms with Gasteiger partial charge in [-0.25, -0.2) is 13.1 Å². The van der Waals surface area contributed by atoms with Gasteiger partial charge in [-0.3, -0.25) is 4.79 Å². The van der Waals surface area contributed by atoms with Crippen LogP contribution in [0.2, 0.25) is 5.02 Å². The van der Waals surface area contributed by atoms with Crippen LogP contribution >= 0.6 is 11.6 Å². The van der Waals surface area contributed by atoms with Gasteiger partial charge in [0.25, 0.3) is 5.91 Å². The Morgan fingerprint density at radius 3 is 2.65 bits per heavy atom. The molecule has 0 aliphatic carbocycles. The highest BCUT2D eigenvalue weighted by atomic mass is 35.5. The van der Waals surface area contributed by atoms with E-state index in [1.807, 2.05) is 0 Å². The predicted molar refractivity (Wildman–Crippen MR) is 99.3 cm³/mol. The highest BCUT2D eigenvalue weighted by molar-refractivity contribution is 7.89. The van der Waals surface area contributed by atoms with Crippen molar-refractivity contribution in [1.29, 1.82) is 0 Å². The molecule has 0 unspecified atom stereocenters. The minimum atomic E-state index is -3.82. The summed E-state index contributed by atoms with van der Waals surface area (Å²) >= 11 is 5.89. The number of amides is 1. The average molecular weight is 399 g/mol. The molecule has 0 aromatic heterocycles. The van der Waals surface area contributed by atoms with Crippen LogP contribution in [-0.4, -0.2) is 39.2 Å². The topological polar surface area (TPSA) is 105 Å². The fraction of sp³-hybridized carbons (Fsp3) is 0.235. The zero-order chi connectivity index (χ0) is 19.2. The third-order valence-electron chi connectivity index (χ3n) is 3.30. The Kier molecular flexibility index (Phi) is 6.98. The Balaban J connectivity index is 2.35. The van der Waals surface area contributed by atoms with Crippen molar-refractivity contribution >= 4 is 33.2 Å². The number of carbonyl (C=O) groups excluding carboxylic acids is 1. The molecule has 140 valence electrons. The highest BCUT2D eigenvalue weighted by Crippen LogP contribution is 2.28. The number of benzene rings is 2. The molecule has 0 aliphatic heterocycles. The molecule has 0 saturated heterocycles. The molecule has 2 rings (SSSR count). The van der Waals surface area contributed by atoms with Gasteiger partial charge in [-0.1, -0.05) is 17.7 Å². The van der Waals surface area contributed by atoms with E-state index in [0.29, 0.717) is 22.9 Å². The van der Waals surface area contributed by atoms with Crippen molar-refractivity contribution in [2.45, 2.75) is 11.8 Å². The molecule has 0 spiro atoms. The molecule has 3 N–H and O–H groups in total. The van der Waals surface area contributed by atoms with Crippen molar-refractivity contribution in [3.8, 4) is 5.75 Å². The van der Waals surface area contributed by atoms with E-state index in [1.165, 1.54) is 24.3 Å². The summed E-state index contributed by atoms with van der Waals surface area (Å²) in [4.78, 5) is 12.4. The number of aliphatic hydroxyl groups excluding tert-OH is 1. The summed E-state index contributed by atoms with van der Waals surface area (Å²) in [5, 5.41) is 11.9. The lowest BCUT2D eigenvalue weighted by Crippen LogP contribution is -2.26. The Morgan fingerprint density at radius 1 is 1.23 bits per heavy atom. The monoisotopic (exact) mass is 398 g/mol. The molecule has 2 aromatic carbocycles. The molecule has 0 aliphatic rings. The van der Waals surface area contributed by atoms with Gasteiger partial charge in [0, 0.05) is 17.1 Å². The third kappa shape index (κ3) is 5.18. The fourth-order valence-electron chi connectivity index (χ4n) is 2.14. The number of nitrogens with one attached hydrogen (secondary N) is 2. The first-order chi connectivity index (χ1) is 12.4. The quantitative estimate of drug-likeness (QED) is 0.632. The van der Waals surface area contributed by atoms with Gasteiger partial charge in [-0.15, -0.1) is 0 Å². The van der Waals surface area contributed by atoms with E-state index >= 15 is 0 Å². The number of ether oxygens (including phenoxy) is 1. The number of anilines is 1. The van der Waals surface area contributed by atoms with E-state index in [9.17, 15) is 13.2 Å². The van der Waals surface area contributed by atoms with Gasteiger partial charge >= 0.3 is 0 Å². The van der Waals surface area contributed by atoms with E-state index in [2.05, 4.69) is 10.0 Å². The molecule has 0 heterocycles. The molecular weight excluding hydrogens is 380 g/mol. The summed E-state index contributed by atoms with van der Waals surface area (Å²) < 4.78 is 32.1. The molecule has 9 heteroatoms. The normalized spacial score (nSPS) is 11.2.